The van der Waals surface area contributed by atoms with Crippen molar-refractivity contribution in [2.45, 2.75) is 31.4 Å². The Bertz CT molecular complexity index is 269. The van der Waals surface area contributed by atoms with E-state index in [-0.39, 0.29) is 12.0 Å². The minimum absolute atomic E-state index is 0.180. The van der Waals surface area contributed by atoms with Crippen molar-refractivity contribution in [3.63, 3.8) is 0 Å². The third-order valence-corrected chi connectivity index (χ3v) is 3.42. The molecule has 1 N–H and O–H groups in total. The van der Waals surface area contributed by atoms with Crippen LogP contribution >= 0.6 is 0 Å². The summed E-state index contributed by atoms with van der Waals surface area (Å²) >= 11 is 0. The van der Waals surface area contributed by atoms with E-state index >= 15 is 0 Å². The number of carbonyl (C=O) groups excluding carboxylic acids is 1. The Labute approximate surface area is 110 Å². The predicted molar refractivity (Wildman–Crippen MR) is 72.5 cm³/mol. The second-order valence-corrected chi connectivity index (χ2v) is 5.69. The molecule has 0 bridgehead atoms. The molecule has 1 saturated heterocycles. The summed E-state index contributed by atoms with van der Waals surface area (Å²) in [6.07, 6.45) is 2.10. The molecule has 1 amide bonds. The van der Waals surface area contributed by atoms with E-state index in [9.17, 15) is 9.90 Å². The van der Waals surface area contributed by atoms with E-state index in [1.165, 1.54) is 0 Å². The highest BCUT2D eigenvalue weighted by molar-refractivity contribution is 5.75. The molecule has 1 rings (SSSR count). The lowest BCUT2D eigenvalue weighted by atomic mass is 10.2. The zero-order valence-corrected chi connectivity index (χ0v) is 12.1. The molecule has 1 aliphatic heterocycles. The minimum Gasteiger partial charge on any atom is -0.392 e. The fourth-order valence-corrected chi connectivity index (χ4v) is 2.50. The van der Waals surface area contributed by atoms with E-state index in [4.69, 9.17) is 0 Å². The molecule has 0 radical (unpaired) electrons. The lowest BCUT2D eigenvalue weighted by Crippen LogP contribution is -2.38. The van der Waals surface area contributed by atoms with E-state index in [0.717, 1.165) is 32.5 Å². The molecule has 0 aromatic carbocycles. The third kappa shape index (κ3) is 4.92. The van der Waals surface area contributed by atoms with Crippen molar-refractivity contribution < 1.29 is 9.90 Å². The highest BCUT2D eigenvalue weighted by Crippen LogP contribution is 2.19. The maximum absolute atomic E-state index is 11.5. The fraction of sp³-hybridized carbons (Fsp3) is 0.923. The van der Waals surface area contributed by atoms with Gasteiger partial charge < -0.3 is 14.9 Å². The normalized spacial score (nSPS) is 24.8. The summed E-state index contributed by atoms with van der Waals surface area (Å²) in [5.41, 5.74) is 0. The molecule has 1 aliphatic rings. The summed E-state index contributed by atoms with van der Waals surface area (Å²) in [5.74, 6) is 0.180. The second kappa shape index (κ2) is 7.07. The van der Waals surface area contributed by atoms with Gasteiger partial charge in [0.2, 0.25) is 5.91 Å². The number of likely N-dealkylation sites (tertiary alicyclic amines) is 1. The van der Waals surface area contributed by atoms with Crippen LogP contribution in [0.25, 0.3) is 0 Å². The SMILES string of the molecule is CN(C)CC1CC(O)CN1CCCC(=O)N(C)C. The number of aliphatic hydroxyl groups excluding tert-OH is 1. The number of nitrogens with zero attached hydrogens (tertiary/aromatic N) is 3. The molecule has 0 aromatic heterocycles. The van der Waals surface area contributed by atoms with Crippen LogP contribution in [0.2, 0.25) is 0 Å². The Hall–Kier alpha value is -0.650. The summed E-state index contributed by atoms with van der Waals surface area (Å²) < 4.78 is 0. The first-order valence-corrected chi connectivity index (χ1v) is 6.67. The Kier molecular flexibility index (Phi) is 6.05. The van der Waals surface area contributed by atoms with E-state index in [0.29, 0.717) is 12.5 Å². The maximum Gasteiger partial charge on any atom is 0.222 e. The average molecular weight is 257 g/mol. The lowest BCUT2D eigenvalue weighted by Gasteiger charge is -2.26. The van der Waals surface area contributed by atoms with Gasteiger partial charge in [0.1, 0.15) is 0 Å². The van der Waals surface area contributed by atoms with Crippen LogP contribution in [0.4, 0.5) is 0 Å². The molecule has 18 heavy (non-hydrogen) atoms. The first kappa shape index (κ1) is 15.4. The predicted octanol–water partition coefficient (Wildman–Crippen LogP) is -0.148. The first-order valence-electron chi connectivity index (χ1n) is 6.67. The largest absolute Gasteiger partial charge is 0.392 e. The Balaban J connectivity index is 2.33. The molecular weight excluding hydrogens is 230 g/mol. The van der Waals surface area contributed by atoms with Gasteiger partial charge in [0, 0.05) is 39.6 Å². The van der Waals surface area contributed by atoms with Crippen LogP contribution in [-0.2, 0) is 4.79 Å². The number of β-amino-alcohol motifs (C(OH)–C–C–N with tert-alkyl or cyclic N) is 1. The van der Waals surface area contributed by atoms with Crippen LogP contribution < -0.4 is 0 Å². The quantitative estimate of drug-likeness (QED) is 0.719. The van der Waals surface area contributed by atoms with E-state index in [1.807, 2.05) is 0 Å². The van der Waals surface area contributed by atoms with Gasteiger partial charge in [-0.05, 0) is 33.5 Å². The molecular formula is C13H27N3O2. The van der Waals surface area contributed by atoms with Crippen molar-refractivity contribution in [3.8, 4) is 0 Å². The van der Waals surface area contributed by atoms with Gasteiger partial charge in [-0.15, -0.1) is 0 Å². The summed E-state index contributed by atoms with van der Waals surface area (Å²) in [7, 11) is 7.68. The molecule has 5 heteroatoms. The highest BCUT2D eigenvalue weighted by atomic mass is 16.3. The number of hydrogen-bond acceptors (Lipinski definition) is 4. The van der Waals surface area contributed by atoms with Gasteiger partial charge in [0.15, 0.2) is 0 Å². The van der Waals surface area contributed by atoms with Crippen molar-refractivity contribution in [2.24, 2.45) is 0 Å². The van der Waals surface area contributed by atoms with Gasteiger partial charge in [-0.1, -0.05) is 0 Å². The van der Waals surface area contributed by atoms with Gasteiger partial charge >= 0.3 is 0 Å². The van der Waals surface area contributed by atoms with E-state index in [1.54, 1.807) is 19.0 Å². The molecule has 1 heterocycles. The molecule has 0 spiro atoms. The minimum atomic E-state index is -0.209. The lowest BCUT2D eigenvalue weighted by molar-refractivity contribution is -0.128. The zero-order chi connectivity index (χ0) is 13.7. The maximum atomic E-state index is 11.5. The number of likely N-dealkylation sites (N-methyl/N-ethyl adjacent to an activating group) is 1. The number of rotatable bonds is 6. The van der Waals surface area contributed by atoms with Crippen molar-refractivity contribution in [3.05, 3.63) is 0 Å². The average Bonchev–Trinajstić information content (AvgIpc) is 2.57. The number of aliphatic hydroxyl groups is 1. The molecule has 1 fully saturated rings. The first-order chi connectivity index (χ1) is 8.40. The van der Waals surface area contributed by atoms with Crippen LogP contribution in [0.5, 0.6) is 0 Å². The standard InChI is InChI=1S/C13H27N3O2/c1-14(2)9-11-8-12(17)10-16(11)7-5-6-13(18)15(3)4/h11-12,17H,5-10H2,1-4H3. The smallest absolute Gasteiger partial charge is 0.222 e. The molecule has 0 saturated carbocycles. The van der Waals surface area contributed by atoms with Gasteiger partial charge in [-0.2, -0.15) is 0 Å². The van der Waals surface area contributed by atoms with Crippen LogP contribution in [-0.4, -0.2) is 85.7 Å². The molecule has 106 valence electrons. The fourth-order valence-electron chi connectivity index (χ4n) is 2.50. The molecule has 2 atom stereocenters. The third-order valence-electron chi connectivity index (χ3n) is 3.42. The van der Waals surface area contributed by atoms with Crippen molar-refractivity contribution >= 4 is 5.91 Å². The number of carbonyl (C=O) groups is 1. The van der Waals surface area contributed by atoms with Crippen molar-refractivity contribution in [1.82, 2.24) is 14.7 Å². The zero-order valence-electron chi connectivity index (χ0n) is 12.1. The van der Waals surface area contributed by atoms with E-state index in [2.05, 4.69) is 23.9 Å². The molecule has 0 aliphatic carbocycles. The van der Waals surface area contributed by atoms with Gasteiger partial charge in [0.05, 0.1) is 6.10 Å². The second-order valence-electron chi connectivity index (χ2n) is 5.69. The highest BCUT2D eigenvalue weighted by Gasteiger charge is 2.30. The van der Waals surface area contributed by atoms with Gasteiger partial charge in [-0.3, -0.25) is 9.69 Å². The molecule has 5 nitrogen and oxygen atoms in total. The summed E-state index contributed by atoms with van der Waals surface area (Å²) in [6, 6.07) is 0.421. The monoisotopic (exact) mass is 257 g/mol. The summed E-state index contributed by atoms with van der Waals surface area (Å²) in [5, 5.41) is 9.74. The summed E-state index contributed by atoms with van der Waals surface area (Å²) in [4.78, 5) is 17.6. The van der Waals surface area contributed by atoms with E-state index < -0.39 is 0 Å². The molecule has 0 aromatic rings. The Morgan fingerprint density at radius 1 is 1.33 bits per heavy atom. The molecule has 2 unspecified atom stereocenters. The van der Waals surface area contributed by atoms with Crippen LogP contribution in [0, 0.1) is 0 Å². The van der Waals surface area contributed by atoms with Crippen LogP contribution in [0.1, 0.15) is 19.3 Å². The number of amides is 1. The van der Waals surface area contributed by atoms with Gasteiger partial charge in [0.25, 0.3) is 0 Å². The number of hydrogen-bond donors (Lipinski definition) is 1. The topological polar surface area (TPSA) is 47.0 Å². The Morgan fingerprint density at radius 3 is 2.56 bits per heavy atom. The van der Waals surface area contributed by atoms with Crippen molar-refractivity contribution in [2.75, 3.05) is 47.8 Å². The Morgan fingerprint density at radius 2 is 2.00 bits per heavy atom. The van der Waals surface area contributed by atoms with Gasteiger partial charge in [-0.25, -0.2) is 0 Å². The van der Waals surface area contributed by atoms with Crippen LogP contribution in [0.15, 0.2) is 0 Å². The van der Waals surface area contributed by atoms with Crippen LogP contribution in [0.3, 0.4) is 0 Å². The van der Waals surface area contributed by atoms with Crippen molar-refractivity contribution in [1.29, 1.82) is 0 Å². The summed E-state index contributed by atoms with van der Waals surface area (Å²) in [6.45, 7) is 2.61.